The quantitative estimate of drug-likeness (QED) is 0.678. The van der Waals surface area contributed by atoms with Gasteiger partial charge in [0.1, 0.15) is 17.0 Å². The molecule has 2 rings (SSSR count). The zero-order chi connectivity index (χ0) is 19.5. The van der Waals surface area contributed by atoms with Crippen molar-refractivity contribution < 1.29 is 64.6 Å². The van der Waals surface area contributed by atoms with E-state index in [1.165, 1.54) is 19.2 Å². The van der Waals surface area contributed by atoms with Gasteiger partial charge >= 0.3 is 6.18 Å². The van der Waals surface area contributed by atoms with Crippen LogP contribution >= 0.6 is 0 Å². The third kappa shape index (κ3) is 6.94. The average Bonchev–Trinajstić information content (AvgIpc) is 2.60. The minimum absolute atomic E-state index is 0. The van der Waals surface area contributed by atoms with Crippen molar-refractivity contribution in [3.63, 3.8) is 0 Å². The number of hydrogen-bond acceptors (Lipinski definition) is 4. The van der Waals surface area contributed by atoms with Gasteiger partial charge in [0.05, 0.1) is 12.7 Å². The Kier molecular flexibility index (Phi) is 11.7. The van der Waals surface area contributed by atoms with Gasteiger partial charge in [0, 0.05) is 37.5 Å². The molecule has 0 aliphatic heterocycles. The first kappa shape index (κ1) is 29.0. The Labute approximate surface area is 184 Å². The number of nitrogens with one attached hydrogen (secondary N) is 1. The molecule has 1 atom stereocenters. The molecule has 0 spiro atoms. The number of pyridine rings is 1. The number of alkyl halides is 3. The van der Waals surface area contributed by atoms with Gasteiger partial charge < -0.3 is 39.6 Å². The molecule has 0 saturated carbocycles. The van der Waals surface area contributed by atoms with E-state index in [0.29, 0.717) is 0 Å². The molecule has 0 bridgehead atoms. The molecule has 1 aromatic carbocycles. The standard InChI is InChI=1S/C18H15F3N2O3.2H2O.Sc/c1-4-10(2)22-16(25)13-9-14(24)15(23-17(13)26-3)11-5-7-12(8-6-11)18(19,20)21;;;/h1,4-10,24H,2H2,3H3,(H,22,25);2*1H2;/q-2;;;/t10-;;;/m0.../s1. The van der Waals surface area contributed by atoms with Crippen LogP contribution in [0.5, 0.6) is 11.6 Å². The summed E-state index contributed by atoms with van der Waals surface area (Å²) in [6.45, 7) is 8.83. The first-order valence-corrected chi connectivity index (χ1v) is 7.32. The van der Waals surface area contributed by atoms with Crippen LogP contribution in [0.4, 0.5) is 13.2 Å². The van der Waals surface area contributed by atoms with Crippen LogP contribution in [0.1, 0.15) is 15.9 Å². The molecular formula is C18H19F3N2O5Sc-2. The van der Waals surface area contributed by atoms with Crippen molar-refractivity contribution in [2.24, 2.45) is 0 Å². The molecule has 0 aliphatic carbocycles. The van der Waals surface area contributed by atoms with Crippen molar-refractivity contribution in [1.82, 2.24) is 10.3 Å². The van der Waals surface area contributed by atoms with Crippen LogP contribution in [0, 0.1) is 13.5 Å². The van der Waals surface area contributed by atoms with Gasteiger partial charge in [0.25, 0.3) is 5.91 Å². The van der Waals surface area contributed by atoms with Gasteiger partial charge in [-0.25, -0.2) is 4.98 Å². The summed E-state index contributed by atoms with van der Waals surface area (Å²) >= 11 is 0. The first-order valence-electron chi connectivity index (χ1n) is 7.32. The largest absolute Gasteiger partial charge is 0.519 e. The number of hydrogen-bond donors (Lipinski definition) is 2. The third-order valence-corrected chi connectivity index (χ3v) is 3.44. The number of amides is 1. The fraction of sp³-hybridized carbons (Fsp3) is 0.167. The van der Waals surface area contributed by atoms with E-state index in [0.717, 1.165) is 24.3 Å². The minimum atomic E-state index is -4.47. The second-order valence-electron chi connectivity index (χ2n) is 5.26. The second-order valence-corrected chi connectivity index (χ2v) is 5.26. The van der Waals surface area contributed by atoms with Gasteiger partial charge in [0.2, 0.25) is 5.88 Å². The van der Waals surface area contributed by atoms with Crippen LogP contribution in [-0.2, 0) is 32.0 Å². The van der Waals surface area contributed by atoms with Crippen molar-refractivity contribution in [2.45, 2.75) is 12.2 Å². The number of rotatable bonds is 5. The Balaban J connectivity index is 0. The fourth-order valence-corrected chi connectivity index (χ4v) is 2.13. The molecule has 29 heavy (non-hydrogen) atoms. The van der Waals surface area contributed by atoms with E-state index in [2.05, 4.69) is 17.2 Å². The van der Waals surface area contributed by atoms with Crippen LogP contribution in [0.15, 0.2) is 36.4 Å². The molecule has 157 valence electrons. The van der Waals surface area contributed by atoms with Crippen LogP contribution in [-0.4, -0.2) is 40.1 Å². The molecule has 0 aliphatic rings. The van der Waals surface area contributed by atoms with Gasteiger partial charge in [-0.1, -0.05) is 12.1 Å². The van der Waals surface area contributed by atoms with E-state index < -0.39 is 29.4 Å². The maximum absolute atomic E-state index is 12.6. The Morgan fingerprint density at radius 2 is 1.86 bits per heavy atom. The van der Waals surface area contributed by atoms with Gasteiger partial charge in [0.15, 0.2) is 0 Å². The predicted molar refractivity (Wildman–Crippen MR) is 95.6 cm³/mol. The number of carbonyl (C=O) groups is 1. The number of carbonyl (C=O) groups excluding carboxylic acids is 1. The van der Waals surface area contributed by atoms with Crippen molar-refractivity contribution in [1.29, 1.82) is 0 Å². The van der Waals surface area contributed by atoms with Gasteiger partial charge in [-0.15, -0.1) is 6.04 Å². The monoisotopic (exact) mass is 445 g/mol. The van der Waals surface area contributed by atoms with Crippen LogP contribution in [0.3, 0.4) is 0 Å². The average molecular weight is 445 g/mol. The number of halogens is 3. The molecule has 1 aromatic heterocycles. The summed E-state index contributed by atoms with van der Waals surface area (Å²) in [6.07, 6.45) is -3.31. The Bertz CT molecular complexity index is 829. The zero-order valence-electron chi connectivity index (χ0n) is 15.2. The molecule has 1 heterocycles. The SMILES string of the molecule is O.O.[CH-]=C[C@H]([CH2-])NC(=O)c1cc(O)c(-c2ccc(C(F)(F)F)cc2)nc1OC.[Sc]. The number of nitrogens with zero attached hydrogens (tertiary/aromatic N) is 1. The maximum atomic E-state index is 12.6. The van der Waals surface area contributed by atoms with Crippen LogP contribution in [0.25, 0.3) is 11.3 Å². The normalized spacial score (nSPS) is 11.1. The molecule has 0 saturated heterocycles. The van der Waals surface area contributed by atoms with Gasteiger partial charge in [-0.05, 0) is 12.1 Å². The first-order chi connectivity index (χ1) is 12.2. The molecule has 7 nitrogen and oxygen atoms in total. The van der Waals surface area contributed by atoms with Gasteiger partial charge in [-0.2, -0.15) is 13.2 Å². The summed E-state index contributed by atoms with van der Waals surface area (Å²) in [5.74, 6) is -1.14. The molecule has 11 heteroatoms. The van der Waals surface area contributed by atoms with E-state index in [4.69, 9.17) is 11.3 Å². The Morgan fingerprint density at radius 1 is 1.31 bits per heavy atom. The molecular weight excluding hydrogens is 426 g/mol. The van der Waals surface area contributed by atoms with E-state index in [9.17, 15) is 23.1 Å². The molecule has 6 N–H and O–H groups in total. The number of aromatic nitrogens is 1. The maximum Gasteiger partial charge on any atom is 0.416 e. The predicted octanol–water partition coefficient (Wildman–Crippen LogP) is 1.75. The molecule has 0 unspecified atom stereocenters. The van der Waals surface area contributed by atoms with Crippen molar-refractivity contribution in [3.05, 3.63) is 61.0 Å². The van der Waals surface area contributed by atoms with Gasteiger partial charge in [-0.3, -0.25) is 10.9 Å². The van der Waals surface area contributed by atoms with E-state index >= 15 is 0 Å². The zero-order valence-corrected chi connectivity index (χ0v) is 17.1. The summed E-state index contributed by atoms with van der Waals surface area (Å²) in [7, 11) is 1.27. The summed E-state index contributed by atoms with van der Waals surface area (Å²) in [4.78, 5) is 16.2. The second kappa shape index (κ2) is 11.7. The van der Waals surface area contributed by atoms with E-state index in [-0.39, 0.29) is 59.5 Å². The van der Waals surface area contributed by atoms with Crippen molar-refractivity contribution >= 4 is 5.91 Å². The topological polar surface area (TPSA) is 134 Å². The minimum Gasteiger partial charge on any atom is -0.519 e. The summed E-state index contributed by atoms with van der Waals surface area (Å²) in [6, 6.07) is 4.50. The third-order valence-electron chi connectivity index (χ3n) is 3.44. The molecule has 2 aromatic rings. The summed E-state index contributed by atoms with van der Waals surface area (Å²) < 4.78 is 43.0. The Morgan fingerprint density at radius 3 is 2.31 bits per heavy atom. The number of benzene rings is 1. The Hall–Kier alpha value is -2.24. The molecule has 1 radical (unpaired) electrons. The summed E-state index contributed by atoms with van der Waals surface area (Å²) in [5, 5.41) is 12.6. The van der Waals surface area contributed by atoms with Crippen molar-refractivity contribution in [3.8, 4) is 22.9 Å². The van der Waals surface area contributed by atoms with E-state index in [1.807, 2.05) is 0 Å². The van der Waals surface area contributed by atoms with Crippen LogP contribution < -0.4 is 10.1 Å². The van der Waals surface area contributed by atoms with E-state index in [1.54, 1.807) is 0 Å². The fourth-order valence-electron chi connectivity index (χ4n) is 2.13. The smallest absolute Gasteiger partial charge is 0.416 e. The number of aromatic hydroxyl groups is 1. The molecule has 1 amide bonds. The summed E-state index contributed by atoms with van der Waals surface area (Å²) in [5.41, 5.74) is -0.700. The number of methoxy groups -OCH3 is 1. The number of ether oxygens (including phenoxy) is 1. The van der Waals surface area contributed by atoms with Crippen molar-refractivity contribution in [2.75, 3.05) is 7.11 Å². The van der Waals surface area contributed by atoms with Crippen LogP contribution in [0.2, 0.25) is 0 Å². The molecule has 0 fully saturated rings.